The summed E-state index contributed by atoms with van der Waals surface area (Å²) < 4.78 is 5.08. The van der Waals surface area contributed by atoms with Crippen LogP contribution in [0.25, 0.3) is 22.4 Å². The zero-order valence-electron chi connectivity index (χ0n) is 10.2. The van der Waals surface area contributed by atoms with Gasteiger partial charge in [0.25, 0.3) is 0 Å². The van der Waals surface area contributed by atoms with Crippen molar-refractivity contribution in [3.63, 3.8) is 0 Å². The molecule has 0 spiro atoms. The van der Waals surface area contributed by atoms with Crippen molar-refractivity contribution in [3.8, 4) is 22.9 Å². The Morgan fingerprint density at radius 1 is 1.11 bits per heavy atom. The number of ether oxygens (including phenoxy) is 1. The van der Waals surface area contributed by atoms with Crippen molar-refractivity contribution in [2.24, 2.45) is 0 Å². The topological polar surface area (TPSA) is 68.1 Å². The molecule has 0 aliphatic heterocycles. The van der Waals surface area contributed by atoms with Gasteiger partial charge in [0.2, 0.25) is 0 Å². The van der Waals surface area contributed by atoms with Gasteiger partial charge < -0.3 is 9.84 Å². The Kier molecular flexibility index (Phi) is 2.72. The number of nitrogens with zero attached hydrogens (tertiary/aromatic N) is 3. The number of benzene rings is 1. The van der Waals surface area contributed by atoms with Gasteiger partial charge in [-0.05, 0) is 30.3 Å². The van der Waals surface area contributed by atoms with Crippen molar-refractivity contribution in [2.75, 3.05) is 7.11 Å². The first-order valence-electron chi connectivity index (χ1n) is 5.73. The minimum atomic E-state index is 0.0914. The predicted molar refractivity (Wildman–Crippen MR) is 71.0 cm³/mol. The molecule has 0 amide bonds. The minimum Gasteiger partial charge on any atom is -0.504 e. The second kappa shape index (κ2) is 4.53. The summed E-state index contributed by atoms with van der Waals surface area (Å²) in [5, 5.41) is 9.58. The summed E-state index contributed by atoms with van der Waals surface area (Å²) in [6.45, 7) is 0. The largest absolute Gasteiger partial charge is 0.504 e. The molecule has 1 N–H and O–H groups in total. The Morgan fingerprint density at radius 3 is 2.84 bits per heavy atom. The molecule has 0 radical (unpaired) electrons. The fraction of sp³-hybridized carbons (Fsp3) is 0.0714. The number of hydrogen-bond acceptors (Lipinski definition) is 5. The standard InChI is InChI=1S/C14H11N3O2/c1-19-13-7-9(4-5-12(13)18)14-16-8-11-10(17-14)3-2-6-15-11/h2-8,18H,1H3. The van der Waals surface area contributed by atoms with E-state index in [-0.39, 0.29) is 5.75 Å². The molecule has 5 nitrogen and oxygen atoms in total. The normalized spacial score (nSPS) is 10.6. The lowest BCUT2D eigenvalue weighted by Gasteiger charge is -2.06. The molecule has 0 aliphatic carbocycles. The molecular weight excluding hydrogens is 242 g/mol. The molecule has 1 aromatic carbocycles. The third-order valence-electron chi connectivity index (χ3n) is 2.79. The Morgan fingerprint density at radius 2 is 2.00 bits per heavy atom. The second-order valence-corrected chi connectivity index (χ2v) is 3.99. The maximum absolute atomic E-state index is 9.58. The van der Waals surface area contributed by atoms with E-state index >= 15 is 0 Å². The smallest absolute Gasteiger partial charge is 0.161 e. The lowest BCUT2D eigenvalue weighted by Crippen LogP contribution is -1.92. The van der Waals surface area contributed by atoms with Crippen molar-refractivity contribution < 1.29 is 9.84 Å². The Bertz CT molecular complexity index is 744. The van der Waals surface area contributed by atoms with Crippen LogP contribution in [-0.4, -0.2) is 27.2 Å². The second-order valence-electron chi connectivity index (χ2n) is 3.99. The monoisotopic (exact) mass is 253 g/mol. The van der Waals surface area contributed by atoms with Crippen LogP contribution in [0.3, 0.4) is 0 Å². The summed E-state index contributed by atoms with van der Waals surface area (Å²) in [5.41, 5.74) is 2.30. The van der Waals surface area contributed by atoms with Crippen LogP contribution in [-0.2, 0) is 0 Å². The Hall–Kier alpha value is -2.69. The maximum atomic E-state index is 9.58. The Balaban J connectivity index is 2.13. The number of rotatable bonds is 2. The summed E-state index contributed by atoms with van der Waals surface area (Å²) in [6.07, 6.45) is 3.38. The van der Waals surface area contributed by atoms with E-state index in [1.165, 1.54) is 7.11 Å². The van der Waals surface area contributed by atoms with Crippen LogP contribution in [0.1, 0.15) is 0 Å². The maximum Gasteiger partial charge on any atom is 0.161 e. The molecule has 2 aromatic heterocycles. The molecule has 19 heavy (non-hydrogen) atoms. The number of methoxy groups -OCH3 is 1. The first-order valence-corrected chi connectivity index (χ1v) is 5.73. The summed E-state index contributed by atoms with van der Waals surface area (Å²) in [5.74, 6) is 1.06. The summed E-state index contributed by atoms with van der Waals surface area (Å²) >= 11 is 0. The molecule has 0 bridgehead atoms. The van der Waals surface area contributed by atoms with Gasteiger partial charge in [0.05, 0.1) is 18.8 Å². The van der Waals surface area contributed by atoms with Crippen LogP contribution in [0.5, 0.6) is 11.5 Å². The number of fused-ring (bicyclic) bond motifs is 1. The molecule has 5 heteroatoms. The van der Waals surface area contributed by atoms with E-state index in [1.807, 2.05) is 12.1 Å². The van der Waals surface area contributed by atoms with E-state index < -0.39 is 0 Å². The van der Waals surface area contributed by atoms with Gasteiger partial charge in [0.1, 0.15) is 5.52 Å². The van der Waals surface area contributed by atoms with Gasteiger partial charge in [-0.15, -0.1) is 0 Å². The van der Waals surface area contributed by atoms with Gasteiger partial charge >= 0.3 is 0 Å². The van der Waals surface area contributed by atoms with E-state index in [4.69, 9.17) is 4.74 Å². The fourth-order valence-electron chi connectivity index (χ4n) is 1.82. The summed E-state index contributed by atoms with van der Waals surface area (Å²) in [7, 11) is 1.50. The zero-order chi connectivity index (χ0) is 13.2. The predicted octanol–water partition coefficient (Wildman–Crippen LogP) is 2.41. The van der Waals surface area contributed by atoms with E-state index in [1.54, 1.807) is 30.6 Å². The van der Waals surface area contributed by atoms with Crippen LogP contribution in [0.2, 0.25) is 0 Å². The average molecular weight is 253 g/mol. The molecule has 0 saturated heterocycles. The number of phenols is 1. The molecule has 3 aromatic rings. The molecule has 0 fully saturated rings. The van der Waals surface area contributed by atoms with Gasteiger partial charge in [-0.1, -0.05) is 0 Å². The minimum absolute atomic E-state index is 0.0914. The lowest BCUT2D eigenvalue weighted by atomic mass is 10.2. The van der Waals surface area contributed by atoms with E-state index in [0.29, 0.717) is 11.6 Å². The molecule has 3 rings (SSSR count). The Labute approximate surface area is 109 Å². The van der Waals surface area contributed by atoms with Crippen LogP contribution in [0, 0.1) is 0 Å². The molecule has 0 aliphatic rings. The first-order chi connectivity index (χ1) is 9.28. The quantitative estimate of drug-likeness (QED) is 0.759. The molecule has 0 atom stereocenters. The van der Waals surface area contributed by atoms with Gasteiger partial charge in [0.15, 0.2) is 17.3 Å². The highest BCUT2D eigenvalue weighted by Crippen LogP contribution is 2.30. The number of aromatic hydroxyl groups is 1. The number of phenolic OH excluding ortho intramolecular Hbond substituents is 1. The van der Waals surface area contributed by atoms with Gasteiger partial charge in [-0.25, -0.2) is 9.97 Å². The highest BCUT2D eigenvalue weighted by Gasteiger charge is 2.07. The van der Waals surface area contributed by atoms with E-state index in [9.17, 15) is 5.11 Å². The highest BCUT2D eigenvalue weighted by atomic mass is 16.5. The fourth-order valence-corrected chi connectivity index (χ4v) is 1.82. The van der Waals surface area contributed by atoms with E-state index in [2.05, 4.69) is 15.0 Å². The van der Waals surface area contributed by atoms with Crippen LogP contribution in [0.15, 0.2) is 42.7 Å². The third-order valence-corrected chi connectivity index (χ3v) is 2.79. The van der Waals surface area contributed by atoms with Gasteiger partial charge in [-0.3, -0.25) is 4.98 Å². The number of hydrogen-bond donors (Lipinski definition) is 1. The number of pyridine rings is 1. The third kappa shape index (κ3) is 2.06. The van der Waals surface area contributed by atoms with Crippen molar-refractivity contribution in [2.45, 2.75) is 0 Å². The van der Waals surface area contributed by atoms with Crippen molar-refractivity contribution >= 4 is 11.0 Å². The zero-order valence-corrected chi connectivity index (χ0v) is 10.2. The van der Waals surface area contributed by atoms with Crippen LogP contribution in [0.4, 0.5) is 0 Å². The number of aromatic nitrogens is 3. The van der Waals surface area contributed by atoms with Crippen molar-refractivity contribution in [3.05, 3.63) is 42.7 Å². The van der Waals surface area contributed by atoms with Crippen LogP contribution < -0.4 is 4.74 Å². The first kappa shape index (κ1) is 11.4. The van der Waals surface area contributed by atoms with Crippen molar-refractivity contribution in [1.82, 2.24) is 15.0 Å². The summed E-state index contributed by atoms with van der Waals surface area (Å²) in [6, 6.07) is 8.72. The molecule has 0 saturated carbocycles. The molecule has 94 valence electrons. The van der Waals surface area contributed by atoms with Gasteiger partial charge in [0, 0.05) is 11.8 Å². The molecule has 2 heterocycles. The lowest BCUT2D eigenvalue weighted by molar-refractivity contribution is 0.373. The average Bonchev–Trinajstić information content (AvgIpc) is 2.47. The highest BCUT2D eigenvalue weighted by molar-refractivity contribution is 5.75. The SMILES string of the molecule is COc1cc(-c2ncc3ncccc3n2)ccc1O. The van der Waals surface area contributed by atoms with Crippen LogP contribution >= 0.6 is 0 Å². The molecule has 0 unspecified atom stereocenters. The molecular formula is C14H11N3O2. The van der Waals surface area contributed by atoms with Gasteiger partial charge in [-0.2, -0.15) is 0 Å². The van der Waals surface area contributed by atoms with Crippen molar-refractivity contribution in [1.29, 1.82) is 0 Å². The van der Waals surface area contributed by atoms with E-state index in [0.717, 1.165) is 16.6 Å². The summed E-state index contributed by atoms with van der Waals surface area (Å²) in [4.78, 5) is 12.9.